The number of hydrogen-bond donors (Lipinski definition) is 0. The Morgan fingerprint density at radius 1 is 1.13 bits per heavy atom. The molecule has 0 aromatic heterocycles. The van der Waals surface area contributed by atoms with Crippen molar-refractivity contribution in [1.29, 1.82) is 0 Å². The minimum Gasteiger partial charge on any atom is -0.490 e. The van der Waals surface area contributed by atoms with Crippen molar-refractivity contribution in [3.63, 3.8) is 0 Å². The molecular weight excluding hydrogens is 438 g/mol. The van der Waals surface area contributed by atoms with Gasteiger partial charge in [-0.05, 0) is 57.2 Å². The Morgan fingerprint density at radius 2 is 1.73 bits per heavy atom. The quantitative estimate of drug-likeness (QED) is 0.611. The van der Waals surface area contributed by atoms with E-state index < -0.39 is 55.5 Å². The van der Waals surface area contributed by atoms with Crippen molar-refractivity contribution in [1.82, 2.24) is 0 Å². The van der Waals surface area contributed by atoms with Crippen LogP contribution in [-0.4, -0.2) is 26.6 Å². The predicted octanol–water partition coefficient (Wildman–Crippen LogP) is 4.87. The molecule has 0 N–H and O–H groups in total. The standard InChI is InChI=1S/C21H21ClF2O5S/c1-21(2,3)29-17(25)10-12-11-28-19-16(24)9-8-15(23)18(19)20(12)30(26,27)14-6-4-13(22)5-7-14/h4-9,12,20H,10-11H2,1-3H3/t12-,20+/m0/s1. The molecule has 0 saturated carbocycles. The van der Waals surface area contributed by atoms with E-state index in [1.54, 1.807) is 20.8 Å². The van der Waals surface area contributed by atoms with Crippen LogP contribution in [0.2, 0.25) is 5.02 Å². The van der Waals surface area contributed by atoms with Crippen molar-refractivity contribution in [3.05, 3.63) is 58.6 Å². The first-order valence-corrected chi connectivity index (χ1v) is 11.1. The van der Waals surface area contributed by atoms with Gasteiger partial charge in [0.2, 0.25) is 0 Å². The summed E-state index contributed by atoms with van der Waals surface area (Å²) in [6.07, 6.45) is -0.343. The van der Waals surface area contributed by atoms with Gasteiger partial charge in [-0.2, -0.15) is 0 Å². The molecule has 5 nitrogen and oxygen atoms in total. The summed E-state index contributed by atoms with van der Waals surface area (Å²) in [6.45, 7) is 4.74. The number of carbonyl (C=O) groups excluding carboxylic acids is 1. The lowest BCUT2D eigenvalue weighted by Crippen LogP contribution is -2.35. The van der Waals surface area contributed by atoms with Crippen molar-refractivity contribution in [3.8, 4) is 5.75 Å². The summed E-state index contributed by atoms with van der Waals surface area (Å²) in [7, 11) is -4.22. The summed E-state index contributed by atoms with van der Waals surface area (Å²) in [5.74, 6) is -3.91. The lowest BCUT2D eigenvalue weighted by Gasteiger charge is -2.33. The first kappa shape index (κ1) is 22.5. The molecule has 0 fully saturated rings. The molecule has 3 rings (SSSR count). The molecule has 0 spiro atoms. The summed E-state index contributed by atoms with van der Waals surface area (Å²) in [6, 6.07) is 7.06. The average molecular weight is 459 g/mol. The molecule has 1 aliphatic heterocycles. The Labute approximate surface area is 178 Å². The maximum absolute atomic E-state index is 14.7. The first-order valence-electron chi connectivity index (χ1n) is 9.22. The van der Waals surface area contributed by atoms with Gasteiger partial charge in [-0.25, -0.2) is 17.2 Å². The molecule has 0 aliphatic carbocycles. The van der Waals surface area contributed by atoms with E-state index in [0.717, 1.165) is 12.1 Å². The highest BCUT2D eigenvalue weighted by molar-refractivity contribution is 7.91. The van der Waals surface area contributed by atoms with Gasteiger partial charge in [0.25, 0.3) is 0 Å². The van der Waals surface area contributed by atoms with Crippen LogP contribution in [0.15, 0.2) is 41.3 Å². The van der Waals surface area contributed by atoms with Crippen LogP contribution in [-0.2, 0) is 19.4 Å². The van der Waals surface area contributed by atoms with Crippen molar-refractivity contribution in [2.75, 3.05) is 6.61 Å². The van der Waals surface area contributed by atoms with Gasteiger partial charge in [-0.15, -0.1) is 0 Å². The molecule has 162 valence electrons. The number of rotatable bonds is 4. The molecule has 0 bridgehead atoms. The Morgan fingerprint density at radius 3 is 2.33 bits per heavy atom. The van der Waals surface area contributed by atoms with Gasteiger partial charge in [0.15, 0.2) is 21.4 Å². The van der Waals surface area contributed by atoms with Crippen LogP contribution in [0.4, 0.5) is 8.78 Å². The zero-order valence-corrected chi connectivity index (χ0v) is 18.2. The highest BCUT2D eigenvalue weighted by Crippen LogP contribution is 2.47. The second kappa shape index (κ2) is 8.15. The van der Waals surface area contributed by atoms with Crippen LogP contribution < -0.4 is 4.74 Å². The third-order valence-corrected chi connectivity index (χ3v) is 7.05. The molecular formula is C21H21ClF2O5S. The zero-order valence-electron chi connectivity index (χ0n) is 16.6. The van der Waals surface area contributed by atoms with E-state index in [0.29, 0.717) is 5.02 Å². The van der Waals surface area contributed by atoms with Gasteiger partial charge >= 0.3 is 5.97 Å². The van der Waals surface area contributed by atoms with E-state index in [4.69, 9.17) is 21.1 Å². The summed E-state index contributed by atoms with van der Waals surface area (Å²) in [4.78, 5) is 12.3. The summed E-state index contributed by atoms with van der Waals surface area (Å²) >= 11 is 5.85. The van der Waals surface area contributed by atoms with Crippen LogP contribution in [0, 0.1) is 17.6 Å². The molecule has 1 heterocycles. The molecule has 0 saturated heterocycles. The van der Waals surface area contributed by atoms with Gasteiger partial charge in [0, 0.05) is 10.9 Å². The Balaban J connectivity index is 2.10. The second-order valence-corrected chi connectivity index (χ2v) is 10.6. The lowest BCUT2D eigenvalue weighted by atomic mass is 9.92. The fourth-order valence-corrected chi connectivity index (χ4v) is 5.56. The first-order chi connectivity index (χ1) is 13.9. The lowest BCUT2D eigenvalue weighted by molar-refractivity contribution is -0.156. The van der Waals surface area contributed by atoms with Crippen molar-refractivity contribution >= 4 is 27.4 Å². The number of halogens is 3. The minimum absolute atomic E-state index is 0.123. The maximum atomic E-state index is 14.7. The van der Waals surface area contributed by atoms with Gasteiger partial charge < -0.3 is 9.47 Å². The van der Waals surface area contributed by atoms with E-state index in [-0.39, 0.29) is 17.9 Å². The third kappa shape index (κ3) is 4.59. The van der Waals surface area contributed by atoms with E-state index >= 15 is 0 Å². The van der Waals surface area contributed by atoms with Crippen LogP contribution in [0.3, 0.4) is 0 Å². The molecule has 1 aliphatic rings. The fraction of sp³-hybridized carbons (Fsp3) is 0.381. The summed E-state index contributed by atoms with van der Waals surface area (Å²) in [5, 5.41) is -1.21. The number of esters is 1. The van der Waals surface area contributed by atoms with Crippen LogP contribution in [0.5, 0.6) is 5.75 Å². The zero-order chi connectivity index (χ0) is 22.3. The SMILES string of the molecule is CC(C)(C)OC(=O)C[C@H]1COc2c(F)ccc(F)c2[C@@H]1S(=O)(=O)c1ccc(Cl)cc1. The summed E-state index contributed by atoms with van der Waals surface area (Å²) in [5.41, 5.74) is -1.21. The van der Waals surface area contributed by atoms with E-state index in [9.17, 15) is 22.0 Å². The van der Waals surface area contributed by atoms with Gasteiger partial charge in [-0.1, -0.05) is 11.6 Å². The third-order valence-electron chi connectivity index (χ3n) is 4.57. The second-order valence-electron chi connectivity index (χ2n) is 8.05. The van der Waals surface area contributed by atoms with Crippen LogP contribution >= 0.6 is 11.6 Å². The molecule has 0 radical (unpaired) electrons. The normalized spacial score (nSPS) is 19.0. The Hall–Kier alpha value is -2.19. The summed E-state index contributed by atoms with van der Waals surface area (Å²) < 4.78 is 66.6. The number of fused-ring (bicyclic) bond motifs is 1. The fourth-order valence-electron chi connectivity index (χ4n) is 3.42. The molecule has 2 atom stereocenters. The van der Waals surface area contributed by atoms with E-state index in [1.165, 1.54) is 24.3 Å². The highest BCUT2D eigenvalue weighted by Gasteiger charge is 2.45. The number of carbonyl (C=O) groups is 1. The van der Waals surface area contributed by atoms with Crippen LogP contribution in [0.1, 0.15) is 38.0 Å². The Kier molecular flexibility index (Phi) is 6.11. The van der Waals surface area contributed by atoms with Crippen molar-refractivity contribution in [2.45, 2.75) is 42.9 Å². The average Bonchev–Trinajstić information content (AvgIpc) is 2.63. The number of ether oxygens (including phenoxy) is 2. The maximum Gasteiger partial charge on any atom is 0.306 e. The van der Waals surface area contributed by atoms with Gasteiger partial charge in [0.1, 0.15) is 16.7 Å². The highest BCUT2D eigenvalue weighted by atomic mass is 35.5. The monoisotopic (exact) mass is 458 g/mol. The largest absolute Gasteiger partial charge is 0.490 e. The van der Waals surface area contributed by atoms with Crippen molar-refractivity contribution < 1.29 is 31.5 Å². The molecule has 2 aromatic carbocycles. The molecule has 0 amide bonds. The van der Waals surface area contributed by atoms with Crippen molar-refractivity contribution in [2.24, 2.45) is 5.92 Å². The van der Waals surface area contributed by atoms with E-state index in [1.807, 2.05) is 0 Å². The van der Waals surface area contributed by atoms with Gasteiger partial charge in [0.05, 0.1) is 23.5 Å². The topological polar surface area (TPSA) is 69.7 Å². The molecule has 2 aromatic rings. The number of benzene rings is 2. The van der Waals surface area contributed by atoms with Crippen LogP contribution in [0.25, 0.3) is 0 Å². The van der Waals surface area contributed by atoms with Gasteiger partial charge in [-0.3, -0.25) is 4.79 Å². The molecule has 0 unspecified atom stereocenters. The number of sulfone groups is 1. The molecule has 9 heteroatoms. The number of hydrogen-bond acceptors (Lipinski definition) is 5. The van der Waals surface area contributed by atoms with E-state index in [2.05, 4.69) is 0 Å². The predicted molar refractivity (Wildman–Crippen MR) is 107 cm³/mol. The smallest absolute Gasteiger partial charge is 0.306 e. The Bertz CT molecular complexity index is 1060. The molecule has 30 heavy (non-hydrogen) atoms. The minimum atomic E-state index is -4.22.